The number of likely N-dealkylation sites (tertiary alicyclic amines) is 1. The summed E-state index contributed by atoms with van der Waals surface area (Å²) in [5.41, 5.74) is -0.101. The molecule has 26 heavy (non-hydrogen) atoms. The van der Waals surface area contributed by atoms with Crippen LogP contribution in [0.2, 0.25) is 0 Å². The van der Waals surface area contributed by atoms with E-state index in [1.807, 2.05) is 13.0 Å². The maximum absolute atomic E-state index is 13.3. The van der Waals surface area contributed by atoms with Gasteiger partial charge in [-0.3, -0.25) is 4.79 Å². The Morgan fingerprint density at radius 1 is 1.27 bits per heavy atom. The molecule has 3 unspecified atom stereocenters. The third-order valence-corrected chi connectivity index (χ3v) is 8.20. The molecule has 7 nitrogen and oxygen atoms in total. The summed E-state index contributed by atoms with van der Waals surface area (Å²) in [6.07, 6.45) is 2.14. The fraction of sp³-hybridized carbons (Fsp3) is 0.611. The molecule has 0 N–H and O–H groups in total. The van der Waals surface area contributed by atoms with Crippen molar-refractivity contribution >= 4 is 15.9 Å². The van der Waals surface area contributed by atoms with Crippen molar-refractivity contribution in [3.8, 4) is 11.5 Å². The van der Waals surface area contributed by atoms with Gasteiger partial charge in [0.05, 0.1) is 7.11 Å². The van der Waals surface area contributed by atoms with E-state index in [9.17, 15) is 13.2 Å². The number of amides is 1. The fourth-order valence-corrected chi connectivity index (χ4v) is 6.50. The van der Waals surface area contributed by atoms with Crippen molar-refractivity contribution < 1.29 is 22.7 Å². The predicted octanol–water partition coefficient (Wildman–Crippen LogP) is 1.54. The summed E-state index contributed by atoms with van der Waals surface area (Å²) >= 11 is 0. The van der Waals surface area contributed by atoms with Crippen molar-refractivity contribution in [2.24, 2.45) is 0 Å². The van der Waals surface area contributed by atoms with E-state index in [0.717, 1.165) is 18.4 Å². The second-order valence-corrected chi connectivity index (χ2v) is 9.51. The minimum absolute atomic E-state index is 0.392. The lowest BCUT2D eigenvalue weighted by atomic mass is 9.80. The van der Waals surface area contributed by atoms with Crippen molar-refractivity contribution in [2.75, 3.05) is 27.2 Å². The van der Waals surface area contributed by atoms with Crippen LogP contribution >= 0.6 is 0 Å². The van der Waals surface area contributed by atoms with Gasteiger partial charge in [0.1, 0.15) is 11.5 Å². The number of rotatable bonds is 3. The Balaban J connectivity index is 1.84. The smallest absolute Gasteiger partial charge is 0.245 e. The Hall–Kier alpha value is -1.80. The number of sulfonamides is 1. The van der Waals surface area contributed by atoms with Crippen LogP contribution in [0, 0.1) is 0 Å². The van der Waals surface area contributed by atoms with Gasteiger partial charge in [-0.05, 0) is 31.4 Å². The highest BCUT2D eigenvalue weighted by Gasteiger charge is 2.58. The Kier molecular flexibility index (Phi) is 3.96. The van der Waals surface area contributed by atoms with Crippen LogP contribution in [0.15, 0.2) is 18.2 Å². The summed E-state index contributed by atoms with van der Waals surface area (Å²) in [6.45, 7) is 2.82. The van der Waals surface area contributed by atoms with Crippen molar-refractivity contribution in [1.82, 2.24) is 9.21 Å². The highest BCUT2D eigenvalue weighted by atomic mass is 32.2. The van der Waals surface area contributed by atoms with Crippen LogP contribution in [0.25, 0.3) is 0 Å². The molecular formula is C18H24N2O5S. The third-order valence-electron chi connectivity index (χ3n) is 5.94. The largest absolute Gasteiger partial charge is 0.497 e. The summed E-state index contributed by atoms with van der Waals surface area (Å²) in [5, 5.41) is -1.10. The Morgan fingerprint density at radius 2 is 1.96 bits per heavy atom. The fourth-order valence-electron chi connectivity index (χ4n) is 4.34. The number of nitrogens with zero attached hydrogens (tertiary/aromatic N) is 2. The van der Waals surface area contributed by atoms with Crippen LogP contribution in [0.4, 0.5) is 0 Å². The molecule has 4 rings (SSSR count). The molecule has 8 heteroatoms. The zero-order valence-corrected chi connectivity index (χ0v) is 16.1. The van der Waals surface area contributed by atoms with Crippen LogP contribution in [-0.4, -0.2) is 61.8 Å². The molecule has 2 saturated heterocycles. The van der Waals surface area contributed by atoms with Crippen molar-refractivity contribution in [1.29, 1.82) is 0 Å². The van der Waals surface area contributed by atoms with Gasteiger partial charge in [0.25, 0.3) is 0 Å². The topological polar surface area (TPSA) is 76.1 Å². The first-order chi connectivity index (χ1) is 12.3. The van der Waals surface area contributed by atoms with Gasteiger partial charge in [0, 0.05) is 38.5 Å². The van der Waals surface area contributed by atoms with Crippen molar-refractivity contribution in [3.63, 3.8) is 0 Å². The van der Waals surface area contributed by atoms with E-state index in [-0.39, 0.29) is 0 Å². The lowest BCUT2D eigenvalue weighted by Crippen LogP contribution is -2.65. The van der Waals surface area contributed by atoms with Gasteiger partial charge in [0.15, 0.2) is 11.0 Å². The third kappa shape index (κ3) is 2.42. The first-order valence-corrected chi connectivity index (χ1v) is 10.4. The molecule has 0 saturated carbocycles. The molecule has 0 radical (unpaired) electrons. The number of methoxy groups -OCH3 is 1. The molecule has 0 spiro atoms. The highest BCUT2D eigenvalue weighted by molar-refractivity contribution is 7.90. The van der Waals surface area contributed by atoms with Crippen LogP contribution in [0.5, 0.6) is 11.5 Å². The number of carbonyl (C=O) groups excluding carboxylic acids is 1. The zero-order chi connectivity index (χ0) is 18.7. The monoisotopic (exact) mass is 380 g/mol. The van der Waals surface area contributed by atoms with E-state index < -0.39 is 32.8 Å². The number of ether oxygens (including phenoxy) is 2. The summed E-state index contributed by atoms with van der Waals surface area (Å²) < 4.78 is 39.5. The molecule has 1 amide bonds. The number of carbonyl (C=O) groups is 1. The Morgan fingerprint density at radius 3 is 2.62 bits per heavy atom. The van der Waals surface area contributed by atoms with E-state index in [0.29, 0.717) is 31.0 Å². The molecule has 1 aromatic carbocycles. The van der Waals surface area contributed by atoms with Crippen LogP contribution in [-0.2, 0) is 14.8 Å². The normalized spacial score (nSPS) is 31.5. The van der Waals surface area contributed by atoms with Crippen LogP contribution in [0.3, 0.4) is 0 Å². The summed E-state index contributed by atoms with van der Waals surface area (Å²) in [7, 11) is -0.530. The second-order valence-electron chi connectivity index (χ2n) is 7.46. The molecular weight excluding hydrogens is 356 g/mol. The molecule has 3 aliphatic heterocycles. The van der Waals surface area contributed by atoms with Crippen LogP contribution < -0.4 is 9.47 Å². The van der Waals surface area contributed by atoms with Gasteiger partial charge in [-0.25, -0.2) is 12.7 Å². The summed E-state index contributed by atoms with van der Waals surface area (Å²) in [6, 6.07) is 5.37. The van der Waals surface area contributed by atoms with E-state index in [1.54, 1.807) is 26.3 Å². The molecule has 0 aliphatic carbocycles. The van der Waals surface area contributed by atoms with Crippen LogP contribution in [0.1, 0.15) is 37.7 Å². The first-order valence-electron chi connectivity index (χ1n) is 8.91. The minimum atomic E-state index is -3.72. The lowest BCUT2D eigenvalue weighted by molar-refractivity contribution is -0.160. The maximum atomic E-state index is 13.3. The standard InChI is InChI=1S/C18H24N2O5S/c1-18-11-14(13-7-6-12(24-3)10-15(13)25-18)16(17(21)19(18)2)26(22,23)20-8-4-5-9-20/h6-7,10,14,16H,4-5,8-9,11H2,1-3H3. The molecule has 1 aromatic rings. The van der Waals surface area contributed by atoms with E-state index in [1.165, 1.54) is 9.21 Å². The molecule has 3 atom stereocenters. The molecule has 2 bridgehead atoms. The summed E-state index contributed by atoms with van der Waals surface area (Å²) in [5.74, 6) is 0.408. The molecule has 3 heterocycles. The minimum Gasteiger partial charge on any atom is -0.497 e. The Bertz CT molecular complexity index is 849. The Labute approximate surface area is 153 Å². The molecule has 3 aliphatic rings. The number of fused-ring (bicyclic) bond motifs is 4. The van der Waals surface area contributed by atoms with E-state index >= 15 is 0 Å². The zero-order valence-electron chi connectivity index (χ0n) is 15.3. The average Bonchev–Trinajstić information content (AvgIpc) is 3.14. The molecule has 0 aromatic heterocycles. The second kappa shape index (κ2) is 5.85. The quantitative estimate of drug-likeness (QED) is 0.795. The number of benzene rings is 1. The number of hydrogen-bond donors (Lipinski definition) is 0. The average molecular weight is 380 g/mol. The summed E-state index contributed by atoms with van der Waals surface area (Å²) in [4.78, 5) is 14.5. The SMILES string of the molecule is COc1ccc2c(c1)OC1(C)CC2C(S(=O)(=O)N2CCCC2)C(=O)N1C. The van der Waals surface area contributed by atoms with Gasteiger partial charge in [-0.2, -0.15) is 0 Å². The van der Waals surface area contributed by atoms with E-state index in [2.05, 4.69) is 0 Å². The van der Waals surface area contributed by atoms with Gasteiger partial charge in [0.2, 0.25) is 15.9 Å². The van der Waals surface area contributed by atoms with Crippen molar-refractivity contribution in [2.45, 2.75) is 43.1 Å². The lowest BCUT2D eigenvalue weighted by Gasteiger charge is -2.51. The maximum Gasteiger partial charge on any atom is 0.245 e. The van der Waals surface area contributed by atoms with Gasteiger partial charge in [-0.1, -0.05) is 6.07 Å². The van der Waals surface area contributed by atoms with E-state index in [4.69, 9.17) is 9.47 Å². The molecule has 142 valence electrons. The van der Waals surface area contributed by atoms with Gasteiger partial charge < -0.3 is 14.4 Å². The predicted molar refractivity (Wildman–Crippen MR) is 95.7 cm³/mol. The highest BCUT2D eigenvalue weighted by Crippen LogP contribution is 2.50. The van der Waals surface area contributed by atoms with Gasteiger partial charge >= 0.3 is 0 Å². The first kappa shape index (κ1) is 17.6. The van der Waals surface area contributed by atoms with Gasteiger partial charge in [-0.15, -0.1) is 0 Å². The van der Waals surface area contributed by atoms with Crippen molar-refractivity contribution in [3.05, 3.63) is 23.8 Å². The number of hydrogen-bond acceptors (Lipinski definition) is 5. The number of piperidine rings is 1. The molecule has 2 fully saturated rings.